The Balaban J connectivity index is 2.44. The molecule has 2 aromatic rings. The summed E-state index contributed by atoms with van der Waals surface area (Å²) >= 11 is 11.7. The molecule has 0 aliphatic heterocycles. The van der Waals surface area contributed by atoms with Gasteiger partial charge >= 0.3 is 6.36 Å². The van der Waals surface area contributed by atoms with Gasteiger partial charge in [-0.25, -0.2) is 0 Å². The van der Waals surface area contributed by atoms with Crippen LogP contribution in [0, 0.1) is 0 Å². The van der Waals surface area contributed by atoms with Crippen molar-refractivity contribution in [2.24, 2.45) is 0 Å². The fourth-order valence-corrected chi connectivity index (χ4v) is 2.34. The van der Waals surface area contributed by atoms with Gasteiger partial charge in [0, 0.05) is 21.8 Å². The molecule has 0 aromatic heterocycles. The molecule has 0 fully saturated rings. The summed E-state index contributed by atoms with van der Waals surface area (Å²) in [6.07, 6.45) is -6.23. The number of hydrogen-bond donors (Lipinski definition) is 2. The highest BCUT2D eigenvalue weighted by atomic mass is 35.5. The van der Waals surface area contributed by atoms with Crippen molar-refractivity contribution in [3.8, 4) is 5.75 Å². The van der Waals surface area contributed by atoms with Gasteiger partial charge in [-0.05, 0) is 24.3 Å². The number of nitrogen functional groups attached to an aromatic ring is 1. The molecule has 0 radical (unpaired) electrons. The zero-order valence-electron chi connectivity index (χ0n) is 10.9. The lowest BCUT2D eigenvalue weighted by molar-refractivity contribution is -0.274. The molecule has 0 saturated carbocycles. The first-order valence-electron chi connectivity index (χ1n) is 5.96. The largest absolute Gasteiger partial charge is 0.573 e. The number of benzene rings is 2. The topological polar surface area (TPSA) is 55.5 Å². The summed E-state index contributed by atoms with van der Waals surface area (Å²) in [5, 5.41) is 10.3. The second-order valence-electron chi connectivity index (χ2n) is 4.38. The van der Waals surface area contributed by atoms with Crippen molar-refractivity contribution >= 4 is 28.9 Å². The average molecular weight is 352 g/mol. The highest BCUT2D eigenvalue weighted by molar-refractivity contribution is 6.33. The Morgan fingerprint density at radius 2 is 1.77 bits per heavy atom. The van der Waals surface area contributed by atoms with Crippen LogP contribution < -0.4 is 10.5 Å². The number of nitrogens with two attached hydrogens (primary N) is 1. The summed E-state index contributed by atoms with van der Waals surface area (Å²) in [5.41, 5.74) is 6.24. The summed E-state index contributed by atoms with van der Waals surface area (Å²) in [6, 6.07) is 8.12. The lowest BCUT2D eigenvalue weighted by atomic mass is 10.00. The standard InChI is InChI=1S/C14H10Cl2F3NO2/c15-7-4-5-10(20)9(6-7)13(21)8-2-1-3-11(12(8)16)22-14(17,18)19/h1-6,13,21H,20H2/t13-/m0/s1. The Labute approximate surface area is 134 Å². The fraction of sp³-hybridized carbons (Fsp3) is 0.143. The third kappa shape index (κ3) is 3.76. The van der Waals surface area contributed by atoms with Crippen molar-refractivity contribution in [3.63, 3.8) is 0 Å². The van der Waals surface area contributed by atoms with E-state index in [9.17, 15) is 18.3 Å². The molecule has 0 amide bonds. The number of halogens is 5. The Morgan fingerprint density at radius 3 is 2.41 bits per heavy atom. The van der Waals surface area contributed by atoms with Crippen LogP contribution in [0.2, 0.25) is 10.0 Å². The van der Waals surface area contributed by atoms with Gasteiger partial charge < -0.3 is 15.6 Å². The van der Waals surface area contributed by atoms with Crippen LogP contribution in [0.15, 0.2) is 36.4 Å². The molecular weight excluding hydrogens is 342 g/mol. The molecule has 118 valence electrons. The van der Waals surface area contributed by atoms with Crippen molar-refractivity contribution in [2.75, 3.05) is 5.73 Å². The summed E-state index contributed by atoms with van der Waals surface area (Å²) in [5.74, 6) is -0.605. The van der Waals surface area contributed by atoms with Crippen LogP contribution in [0.3, 0.4) is 0 Å². The number of alkyl halides is 3. The van der Waals surface area contributed by atoms with Crippen molar-refractivity contribution < 1.29 is 23.0 Å². The van der Waals surface area contributed by atoms with Gasteiger partial charge in [0.1, 0.15) is 11.9 Å². The first-order chi connectivity index (χ1) is 10.2. The number of rotatable bonds is 3. The lowest BCUT2D eigenvalue weighted by Gasteiger charge is -2.18. The van der Waals surface area contributed by atoms with E-state index < -0.39 is 18.2 Å². The van der Waals surface area contributed by atoms with Crippen LogP contribution in [0.5, 0.6) is 5.75 Å². The maximum atomic E-state index is 12.3. The number of ether oxygens (including phenoxy) is 1. The van der Waals surface area contributed by atoms with E-state index in [1.807, 2.05) is 0 Å². The Morgan fingerprint density at radius 1 is 1.09 bits per heavy atom. The second kappa shape index (κ2) is 6.24. The van der Waals surface area contributed by atoms with Gasteiger partial charge in [0.15, 0.2) is 0 Å². The zero-order chi connectivity index (χ0) is 16.5. The lowest BCUT2D eigenvalue weighted by Crippen LogP contribution is -2.17. The monoisotopic (exact) mass is 351 g/mol. The molecule has 0 unspecified atom stereocenters. The van der Waals surface area contributed by atoms with E-state index in [1.54, 1.807) is 0 Å². The van der Waals surface area contributed by atoms with Gasteiger partial charge in [-0.2, -0.15) is 0 Å². The van der Waals surface area contributed by atoms with E-state index in [0.29, 0.717) is 5.02 Å². The van der Waals surface area contributed by atoms with Gasteiger partial charge in [-0.15, -0.1) is 13.2 Å². The summed E-state index contributed by atoms with van der Waals surface area (Å²) in [6.45, 7) is 0. The smallest absolute Gasteiger partial charge is 0.404 e. The molecule has 0 aliphatic carbocycles. The van der Waals surface area contributed by atoms with E-state index >= 15 is 0 Å². The predicted molar refractivity (Wildman–Crippen MR) is 78.1 cm³/mol. The molecule has 1 atom stereocenters. The average Bonchev–Trinajstić information content (AvgIpc) is 2.42. The minimum atomic E-state index is -4.89. The Kier molecular flexibility index (Phi) is 4.75. The van der Waals surface area contributed by atoms with E-state index in [-0.39, 0.29) is 21.8 Å². The first kappa shape index (κ1) is 16.7. The maximum Gasteiger partial charge on any atom is 0.573 e. The number of aliphatic hydroxyl groups is 1. The molecule has 3 nitrogen and oxygen atoms in total. The van der Waals surface area contributed by atoms with Gasteiger partial charge in [0.05, 0.1) is 5.02 Å². The Hall–Kier alpha value is -1.63. The third-order valence-corrected chi connectivity index (χ3v) is 3.50. The van der Waals surface area contributed by atoms with Crippen molar-refractivity contribution in [1.82, 2.24) is 0 Å². The first-order valence-corrected chi connectivity index (χ1v) is 6.72. The summed E-state index contributed by atoms with van der Waals surface area (Å²) in [4.78, 5) is 0. The minimum absolute atomic E-state index is 0.0254. The van der Waals surface area contributed by atoms with Crippen molar-refractivity contribution in [2.45, 2.75) is 12.5 Å². The molecule has 3 N–H and O–H groups in total. The van der Waals surface area contributed by atoms with E-state index in [2.05, 4.69) is 4.74 Å². The SMILES string of the molecule is Nc1ccc(Cl)cc1[C@@H](O)c1cccc(OC(F)(F)F)c1Cl. The molecule has 2 aromatic carbocycles. The predicted octanol–water partition coefficient (Wildman–Crippen LogP) is 4.56. The molecule has 2 rings (SSSR count). The van der Waals surface area contributed by atoms with Crippen molar-refractivity contribution in [3.05, 3.63) is 57.6 Å². The molecule has 0 spiro atoms. The van der Waals surface area contributed by atoms with Crippen LogP contribution in [0.4, 0.5) is 18.9 Å². The van der Waals surface area contributed by atoms with Gasteiger partial charge in [0.25, 0.3) is 0 Å². The molecule has 22 heavy (non-hydrogen) atoms. The molecule has 0 saturated heterocycles. The summed E-state index contributed by atoms with van der Waals surface area (Å²) < 4.78 is 40.8. The van der Waals surface area contributed by atoms with Gasteiger partial charge in [-0.3, -0.25) is 0 Å². The van der Waals surface area contributed by atoms with Crippen molar-refractivity contribution in [1.29, 1.82) is 0 Å². The maximum absolute atomic E-state index is 12.3. The number of anilines is 1. The van der Waals surface area contributed by atoms with E-state index in [4.69, 9.17) is 28.9 Å². The highest BCUT2D eigenvalue weighted by Gasteiger charge is 2.33. The third-order valence-electron chi connectivity index (χ3n) is 2.86. The minimum Gasteiger partial charge on any atom is -0.404 e. The number of hydrogen-bond acceptors (Lipinski definition) is 3. The molecule has 0 heterocycles. The van der Waals surface area contributed by atoms with Crippen LogP contribution in [0.1, 0.15) is 17.2 Å². The molecule has 0 bridgehead atoms. The molecule has 8 heteroatoms. The van der Waals surface area contributed by atoms with Gasteiger partial charge in [0.2, 0.25) is 0 Å². The number of aliphatic hydroxyl groups excluding tert-OH is 1. The van der Waals surface area contributed by atoms with Crippen LogP contribution in [0.25, 0.3) is 0 Å². The fourth-order valence-electron chi connectivity index (χ4n) is 1.89. The second-order valence-corrected chi connectivity index (χ2v) is 5.20. The molecule has 0 aliphatic rings. The summed E-state index contributed by atoms with van der Waals surface area (Å²) in [7, 11) is 0. The van der Waals surface area contributed by atoms with Crippen LogP contribution >= 0.6 is 23.2 Å². The van der Waals surface area contributed by atoms with E-state index in [1.165, 1.54) is 30.3 Å². The van der Waals surface area contributed by atoms with Gasteiger partial charge in [-0.1, -0.05) is 35.3 Å². The highest BCUT2D eigenvalue weighted by Crippen LogP contribution is 2.38. The Bertz CT molecular complexity index is 692. The van der Waals surface area contributed by atoms with Crippen LogP contribution in [-0.2, 0) is 0 Å². The van der Waals surface area contributed by atoms with E-state index in [0.717, 1.165) is 6.07 Å². The molecular formula is C14H10Cl2F3NO2. The quantitative estimate of drug-likeness (QED) is 0.797. The normalized spacial score (nSPS) is 13.0. The van der Waals surface area contributed by atoms with Crippen LogP contribution in [-0.4, -0.2) is 11.5 Å². The zero-order valence-corrected chi connectivity index (χ0v) is 12.4.